The molecule has 2 N–H and O–H groups in total. The fraction of sp³-hybridized carbons (Fsp3) is 0.0714. The van der Waals surface area contributed by atoms with Crippen molar-refractivity contribution in [2.24, 2.45) is 0 Å². The molecule has 0 saturated heterocycles. The molecule has 19 heavy (non-hydrogen) atoms. The maximum Gasteiger partial charge on any atom is 0.178 e. The summed E-state index contributed by atoms with van der Waals surface area (Å²) in [6, 6.07) is 7.95. The van der Waals surface area contributed by atoms with Gasteiger partial charge in [-0.2, -0.15) is 11.3 Å². The molecule has 0 aliphatic carbocycles. The van der Waals surface area contributed by atoms with Gasteiger partial charge in [-0.1, -0.05) is 33.2 Å². The number of benzene rings is 1. The van der Waals surface area contributed by atoms with E-state index in [0.717, 1.165) is 32.5 Å². The molecule has 3 rings (SSSR count). The second kappa shape index (κ2) is 4.83. The van der Waals surface area contributed by atoms with E-state index in [4.69, 9.17) is 10.3 Å². The van der Waals surface area contributed by atoms with Crippen molar-refractivity contribution in [3.05, 3.63) is 45.1 Å². The minimum atomic E-state index is 0.415. The molecule has 5 heteroatoms. The van der Waals surface area contributed by atoms with Crippen LogP contribution in [0.2, 0.25) is 0 Å². The minimum absolute atomic E-state index is 0.415. The summed E-state index contributed by atoms with van der Waals surface area (Å²) < 4.78 is 6.43. The zero-order chi connectivity index (χ0) is 13.4. The normalized spacial score (nSPS) is 10.8. The third-order valence-corrected chi connectivity index (χ3v) is 4.29. The number of anilines is 1. The average molecular weight is 335 g/mol. The first kappa shape index (κ1) is 12.4. The number of halogens is 1. The Hall–Kier alpha value is -1.59. The molecular weight excluding hydrogens is 324 g/mol. The van der Waals surface area contributed by atoms with E-state index >= 15 is 0 Å². The Morgan fingerprint density at radius 1 is 1.32 bits per heavy atom. The van der Waals surface area contributed by atoms with Crippen LogP contribution in [0.15, 0.2) is 44.0 Å². The molecule has 0 aliphatic heterocycles. The van der Waals surface area contributed by atoms with E-state index in [1.165, 1.54) is 0 Å². The maximum atomic E-state index is 5.96. The summed E-state index contributed by atoms with van der Waals surface area (Å²) in [4.78, 5) is 0. The number of nitrogen functional groups attached to an aromatic ring is 1. The van der Waals surface area contributed by atoms with Crippen molar-refractivity contribution >= 4 is 33.1 Å². The number of hydrogen-bond acceptors (Lipinski definition) is 4. The van der Waals surface area contributed by atoms with Crippen LogP contribution in [0, 0.1) is 6.92 Å². The lowest BCUT2D eigenvalue weighted by Gasteiger charge is -2.03. The second-order valence-electron chi connectivity index (χ2n) is 4.25. The van der Waals surface area contributed by atoms with Gasteiger partial charge < -0.3 is 10.3 Å². The molecule has 0 aliphatic rings. The van der Waals surface area contributed by atoms with Crippen molar-refractivity contribution in [2.75, 3.05) is 5.73 Å². The predicted molar refractivity (Wildman–Crippen MR) is 82.1 cm³/mol. The Kier molecular flexibility index (Phi) is 3.16. The fourth-order valence-corrected chi connectivity index (χ4v) is 3.23. The van der Waals surface area contributed by atoms with Crippen molar-refractivity contribution in [1.82, 2.24) is 5.16 Å². The Morgan fingerprint density at radius 2 is 2.16 bits per heavy atom. The summed E-state index contributed by atoms with van der Waals surface area (Å²) in [6.07, 6.45) is 0. The Labute approximate surface area is 123 Å². The Balaban J connectivity index is 2.22. The number of thiophene rings is 1. The molecule has 2 aromatic heterocycles. The van der Waals surface area contributed by atoms with Gasteiger partial charge in [-0.25, -0.2) is 0 Å². The lowest BCUT2D eigenvalue weighted by molar-refractivity contribution is 0.436. The quantitative estimate of drug-likeness (QED) is 0.737. The van der Waals surface area contributed by atoms with E-state index in [1.807, 2.05) is 24.3 Å². The second-order valence-corrected chi connectivity index (χ2v) is 5.91. The summed E-state index contributed by atoms with van der Waals surface area (Å²) in [5, 5.41) is 8.05. The van der Waals surface area contributed by atoms with Crippen LogP contribution >= 0.6 is 27.3 Å². The van der Waals surface area contributed by atoms with Gasteiger partial charge in [-0.05, 0) is 35.6 Å². The van der Waals surface area contributed by atoms with Crippen molar-refractivity contribution in [1.29, 1.82) is 0 Å². The number of aryl methyl sites for hydroxylation is 1. The van der Waals surface area contributed by atoms with Gasteiger partial charge in [-0.15, -0.1) is 0 Å². The largest absolute Gasteiger partial charge is 0.380 e. The van der Waals surface area contributed by atoms with E-state index in [-0.39, 0.29) is 0 Å². The fourth-order valence-electron chi connectivity index (χ4n) is 2.00. The predicted octanol–water partition coefficient (Wildman–Crippen LogP) is 4.72. The van der Waals surface area contributed by atoms with Gasteiger partial charge in [0, 0.05) is 15.4 Å². The molecule has 0 atom stereocenters. The summed E-state index contributed by atoms with van der Waals surface area (Å²) in [5.41, 5.74) is 10.0. The van der Waals surface area contributed by atoms with Crippen LogP contribution in [0.3, 0.4) is 0 Å². The molecule has 0 bridgehead atoms. The van der Waals surface area contributed by atoms with E-state index in [2.05, 4.69) is 38.8 Å². The molecule has 0 spiro atoms. The smallest absolute Gasteiger partial charge is 0.178 e. The first-order valence-electron chi connectivity index (χ1n) is 5.71. The monoisotopic (exact) mass is 334 g/mol. The summed E-state index contributed by atoms with van der Waals surface area (Å²) in [6.45, 7) is 2.05. The highest BCUT2D eigenvalue weighted by atomic mass is 79.9. The van der Waals surface area contributed by atoms with E-state index < -0.39 is 0 Å². The van der Waals surface area contributed by atoms with Crippen LogP contribution in [-0.4, -0.2) is 5.16 Å². The molecule has 3 nitrogen and oxygen atoms in total. The van der Waals surface area contributed by atoms with Crippen molar-refractivity contribution in [3.8, 4) is 22.5 Å². The highest BCUT2D eigenvalue weighted by Gasteiger charge is 2.19. The minimum Gasteiger partial charge on any atom is -0.380 e. The molecule has 0 amide bonds. The lowest BCUT2D eigenvalue weighted by atomic mass is 10.0. The van der Waals surface area contributed by atoms with Crippen LogP contribution < -0.4 is 5.73 Å². The molecule has 0 saturated carbocycles. The van der Waals surface area contributed by atoms with Gasteiger partial charge >= 0.3 is 0 Å². The zero-order valence-corrected chi connectivity index (χ0v) is 12.6. The third kappa shape index (κ3) is 2.19. The third-order valence-electron chi connectivity index (χ3n) is 2.93. The molecule has 96 valence electrons. The number of aromatic nitrogens is 1. The van der Waals surface area contributed by atoms with E-state index in [9.17, 15) is 0 Å². The van der Waals surface area contributed by atoms with Gasteiger partial charge in [0.2, 0.25) is 0 Å². The number of nitrogens with zero attached hydrogens (tertiary/aromatic N) is 1. The van der Waals surface area contributed by atoms with Crippen LogP contribution in [0.4, 0.5) is 5.82 Å². The number of nitrogens with two attached hydrogens (primary N) is 1. The molecule has 0 fully saturated rings. The molecule has 3 aromatic rings. The average Bonchev–Trinajstić information content (AvgIpc) is 2.95. The summed E-state index contributed by atoms with van der Waals surface area (Å²) in [5.74, 6) is 1.15. The van der Waals surface area contributed by atoms with Crippen molar-refractivity contribution in [3.63, 3.8) is 0 Å². The van der Waals surface area contributed by atoms with Crippen molar-refractivity contribution in [2.45, 2.75) is 6.92 Å². The standard InChI is InChI=1S/C14H11BrN2OS/c1-8-6-19-7-11(8)13-12(14(16)17-18-13)9-3-2-4-10(15)5-9/h2-7H,1H3,(H2,16,17). The van der Waals surface area contributed by atoms with Gasteiger partial charge in [0.1, 0.15) is 0 Å². The first-order chi connectivity index (χ1) is 9.16. The number of hydrogen-bond donors (Lipinski definition) is 1. The Bertz CT molecular complexity index is 733. The Morgan fingerprint density at radius 3 is 2.84 bits per heavy atom. The SMILES string of the molecule is Cc1cscc1-c1onc(N)c1-c1cccc(Br)c1. The summed E-state index contributed by atoms with van der Waals surface area (Å²) >= 11 is 5.11. The van der Waals surface area contributed by atoms with Gasteiger partial charge in [-0.3, -0.25) is 0 Å². The summed E-state index contributed by atoms with van der Waals surface area (Å²) in [7, 11) is 0. The van der Waals surface area contributed by atoms with Gasteiger partial charge in [0.15, 0.2) is 11.6 Å². The molecule has 0 radical (unpaired) electrons. The molecule has 1 aromatic carbocycles. The highest BCUT2D eigenvalue weighted by Crippen LogP contribution is 2.39. The van der Waals surface area contributed by atoms with Crippen LogP contribution in [0.1, 0.15) is 5.56 Å². The maximum absolute atomic E-state index is 5.96. The first-order valence-corrected chi connectivity index (χ1v) is 7.44. The van der Waals surface area contributed by atoms with E-state index in [1.54, 1.807) is 11.3 Å². The van der Waals surface area contributed by atoms with Crippen LogP contribution in [0.25, 0.3) is 22.5 Å². The van der Waals surface area contributed by atoms with Gasteiger partial charge in [0.05, 0.1) is 5.56 Å². The van der Waals surface area contributed by atoms with Crippen LogP contribution in [0.5, 0.6) is 0 Å². The molecule has 0 unspecified atom stereocenters. The lowest BCUT2D eigenvalue weighted by Crippen LogP contribution is -1.89. The highest BCUT2D eigenvalue weighted by molar-refractivity contribution is 9.10. The van der Waals surface area contributed by atoms with E-state index in [0.29, 0.717) is 5.82 Å². The number of rotatable bonds is 2. The topological polar surface area (TPSA) is 52.0 Å². The molecular formula is C14H11BrN2OS. The molecule has 2 heterocycles. The van der Waals surface area contributed by atoms with Crippen molar-refractivity contribution < 1.29 is 4.52 Å². The van der Waals surface area contributed by atoms with Gasteiger partial charge in [0.25, 0.3) is 0 Å². The van der Waals surface area contributed by atoms with Crippen LogP contribution in [-0.2, 0) is 0 Å². The zero-order valence-electron chi connectivity index (χ0n) is 10.2.